The number of carbonyl (C=O) groups is 2. The van der Waals surface area contributed by atoms with Crippen molar-refractivity contribution in [1.82, 2.24) is 5.32 Å². The zero-order valence-corrected chi connectivity index (χ0v) is 29.7. The molecular formula is C35H68NO8P. The molecule has 0 aliphatic rings. The number of ether oxygens (including phenoxy) is 1. The van der Waals surface area contributed by atoms with Crippen LogP contribution in [-0.2, 0) is 27.9 Å². The van der Waals surface area contributed by atoms with Crippen LogP contribution >= 0.6 is 7.82 Å². The summed E-state index contributed by atoms with van der Waals surface area (Å²) < 4.78 is 26.6. The quantitative estimate of drug-likeness (QED) is 0.0269. The number of aliphatic hydroxyl groups excluding tert-OH is 1. The molecule has 0 aromatic rings. The van der Waals surface area contributed by atoms with E-state index in [1.54, 1.807) is 0 Å². The number of nitrogens with one attached hydrogen (secondary N) is 1. The second-order valence-electron chi connectivity index (χ2n) is 12.2. The molecule has 0 saturated carbocycles. The van der Waals surface area contributed by atoms with Gasteiger partial charge in [0.15, 0.2) is 0 Å². The fraction of sp³-hybridized carbons (Fsp3) is 0.886. The number of aliphatic hydroxyl groups is 1. The molecule has 0 aliphatic carbocycles. The van der Waals surface area contributed by atoms with Crippen molar-refractivity contribution in [2.24, 2.45) is 0 Å². The molecule has 0 rings (SSSR count). The van der Waals surface area contributed by atoms with Gasteiger partial charge < -0.3 is 20.1 Å². The maximum atomic E-state index is 12.0. The molecule has 3 N–H and O–H groups in total. The van der Waals surface area contributed by atoms with E-state index in [4.69, 9.17) is 13.8 Å². The van der Waals surface area contributed by atoms with E-state index in [2.05, 4.69) is 31.3 Å². The Balaban J connectivity index is 3.58. The molecule has 10 heteroatoms. The maximum Gasteiger partial charge on any atom is 0.472 e. The van der Waals surface area contributed by atoms with Crippen molar-refractivity contribution in [3.05, 3.63) is 12.2 Å². The number of phosphoric ester groups is 1. The molecule has 0 aromatic heterocycles. The van der Waals surface area contributed by atoms with Gasteiger partial charge in [-0.3, -0.25) is 18.6 Å². The van der Waals surface area contributed by atoms with Gasteiger partial charge in [-0.2, -0.15) is 0 Å². The highest BCUT2D eigenvalue weighted by Gasteiger charge is 2.23. The summed E-state index contributed by atoms with van der Waals surface area (Å²) in [5, 5.41) is 12.5. The Hall–Kier alpha value is -1.25. The Morgan fingerprint density at radius 3 is 1.67 bits per heavy atom. The number of amides is 1. The molecular weight excluding hydrogens is 593 g/mol. The summed E-state index contributed by atoms with van der Waals surface area (Å²) in [5.41, 5.74) is 0. The normalized spacial score (nSPS) is 13.6. The van der Waals surface area contributed by atoms with Gasteiger partial charge in [0.05, 0.1) is 13.2 Å². The maximum absolute atomic E-state index is 12.0. The van der Waals surface area contributed by atoms with Gasteiger partial charge in [-0.1, -0.05) is 129 Å². The molecule has 266 valence electrons. The number of unbranched alkanes of at least 4 members (excludes halogenated alkanes) is 19. The zero-order chi connectivity index (χ0) is 33.3. The summed E-state index contributed by atoms with van der Waals surface area (Å²) in [6.45, 7) is 3.46. The summed E-state index contributed by atoms with van der Waals surface area (Å²) >= 11 is 0. The first-order chi connectivity index (χ1) is 21.8. The van der Waals surface area contributed by atoms with Crippen LogP contribution in [0.4, 0.5) is 0 Å². The number of hydrogen-bond acceptors (Lipinski definition) is 7. The van der Waals surface area contributed by atoms with Crippen LogP contribution in [0.25, 0.3) is 0 Å². The van der Waals surface area contributed by atoms with Crippen molar-refractivity contribution >= 4 is 19.7 Å². The molecule has 45 heavy (non-hydrogen) atoms. The van der Waals surface area contributed by atoms with E-state index >= 15 is 0 Å². The SMILES string of the molecule is CCCCCCCCC/C=C\CCCCCCCCCC(=O)NCCOP(=O)(O)OCC(O)COC(=O)CCCCCCCC. The highest BCUT2D eigenvalue weighted by Crippen LogP contribution is 2.42. The van der Waals surface area contributed by atoms with Gasteiger partial charge >= 0.3 is 13.8 Å². The van der Waals surface area contributed by atoms with E-state index in [0.29, 0.717) is 6.42 Å². The number of rotatable bonds is 34. The largest absolute Gasteiger partial charge is 0.472 e. The van der Waals surface area contributed by atoms with Crippen LogP contribution in [0.15, 0.2) is 12.2 Å². The summed E-state index contributed by atoms with van der Waals surface area (Å²) in [4.78, 5) is 33.5. The van der Waals surface area contributed by atoms with E-state index in [-0.39, 0.29) is 32.1 Å². The molecule has 9 nitrogen and oxygen atoms in total. The van der Waals surface area contributed by atoms with Crippen LogP contribution in [0.2, 0.25) is 0 Å². The van der Waals surface area contributed by atoms with Crippen molar-refractivity contribution in [1.29, 1.82) is 0 Å². The van der Waals surface area contributed by atoms with Gasteiger partial charge in [0.1, 0.15) is 12.7 Å². The summed E-state index contributed by atoms with van der Waals surface area (Å²) in [7, 11) is -4.40. The van der Waals surface area contributed by atoms with Crippen molar-refractivity contribution in [2.45, 2.75) is 174 Å². The van der Waals surface area contributed by atoms with Crippen LogP contribution in [0, 0.1) is 0 Å². The highest BCUT2D eigenvalue weighted by atomic mass is 31.2. The Morgan fingerprint density at radius 2 is 1.13 bits per heavy atom. The van der Waals surface area contributed by atoms with Crippen LogP contribution in [0.1, 0.15) is 168 Å². The predicted octanol–water partition coefficient (Wildman–Crippen LogP) is 9.10. The minimum Gasteiger partial charge on any atom is -0.463 e. The van der Waals surface area contributed by atoms with E-state index in [0.717, 1.165) is 44.9 Å². The Kier molecular flexibility index (Phi) is 31.8. The minimum absolute atomic E-state index is 0.0822. The lowest BCUT2D eigenvalue weighted by Crippen LogP contribution is -2.27. The molecule has 0 fully saturated rings. The fourth-order valence-electron chi connectivity index (χ4n) is 4.90. The van der Waals surface area contributed by atoms with Gasteiger partial charge in [-0.05, 0) is 38.5 Å². The van der Waals surface area contributed by atoms with Crippen LogP contribution in [0.3, 0.4) is 0 Å². The first-order valence-corrected chi connectivity index (χ1v) is 19.7. The smallest absolute Gasteiger partial charge is 0.463 e. The molecule has 0 spiro atoms. The summed E-state index contributed by atoms with van der Waals surface area (Å²) in [6, 6.07) is 0. The van der Waals surface area contributed by atoms with Gasteiger partial charge in [0.25, 0.3) is 0 Å². The van der Waals surface area contributed by atoms with E-state index in [1.165, 1.54) is 96.3 Å². The molecule has 0 heterocycles. The number of carbonyl (C=O) groups excluding carboxylic acids is 2. The molecule has 0 radical (unpaired) electrons. The second kappa shape index (κ2) is 32.7. The van der Waals surface area contributed by atoms with Crippen molar-refractivity contribution in [3.63, 3.8) is 0 Å². The third-order valence-corrected chi connectivity index (χ3v) is 8.68. The van der Waals surface area contributed by atoms with Gasteiger partial charge in [0.2, 0.25) is 5.91 Å². The monoisotopic (exact) mass is 661 g/mol. The minimum atomic E-state index is -4.40. The molecule has 2 atom stereocenters. The number of esters is 1. The number of phosphoric acid groups is 1. The van der Waals surface area contributed by atoms with Crippen LogP contribution in [-0.4, -0.2) is 54.3 Å². The Labute approximate surface area is 275 Å². The summed E-state index contributed by atoms with van der Waals surface area (Å²) in [6.07, 6.45) is 30.3. The lowest BCUT2D eigenvalue weighted by molar-refractivity contribution is -0.147. The average Bonchev–Trinajstić information content (AvgIpc) is 3.02. The van der Waals surface area contributed by atoms with Gasteiger partial charge in [0, 0.05) is 19.4 Å². The van der Waals surface area contributed by atoms with Gasteiger partial charge in [-0.25, -0.2) is 4.57 Å². The average molecular weight is 662 g/mol. The summed E-state index contributed by atoms with van der Waals surface area (Å²) in [5.74, 6) is -0.527. The van der Waals surface area contributed by atoms with Crippen molar-refractivity contribution < 1.29 is 37.9 Å². The lowest BCUT2D eigenvalue weighted by Gasteiger charge is -2.15. The van der Waals surface area contributed by atoms with Crippen molar-refractivity contribution in [2.75, 3.05) is 26.4 Å². The Morgan fingerprint density at radius 1 is 0.667 bits per heavy atom. The molecule has 0 saturated heterocycles. The fourth-order valence-corrected chi connectivity index (χ4v) is 5.66. The van der Waals surface area contributed by atoms with Crippen LogP contribution < -0.4 is 5.32 Å². The number of allylic oxidation sites excluding steroid dienone is 2. The zero-order valence-electron chi connectivity index (χ0n) is 28.8. The Bertz CT molecular complexity index is 764. The molecule has 0 bridgehead atoms. The third kappa shape index (κ3) is 33.9. The van der Waals surface area contributed by atoms with E-state index in [1.807, 2.05) is 0 Å². The van der Waals surface area contributed by atoms with E-state index in [9.17, 15) is 24.2 Å². The molecule has 0 aliphatic heterocycles. The van der Waals surface area contributed by atoms with E-state index < -0.39 is 26.5 Å². The third-order valence-electron chi connectivity index (χ3n) is 7.70. The second-order valence-corrected chi connectivity index (χ2v) is 13.7. The molecule has 2 unspecified atom stereocenters. The van der Waals surface area contributed by atoms with Gasteiger partial charge in [-0.15, -0.1) is 0 Å². The topological polar surface area (TPSA) is 131 Å². The molecule has 0 aromatic carbocycles. The predicted molar refractivity (Wildman–Crippen MR) is 183 cm³/mol. The first-order valence-electron chi connectivity index (χ1n) is 18.2. The highest BCUT2D eigenvalue weighted by molar-refractivity contribution is 7.47. The first kappa shape index (κ1) is 43.8. The number of hydrogen-bond donors (Lipinski definition) is 3. The van der Waals surface area contributed by atoms with Crippen LogP contribution in [0.5, 0.6) is 0 Å². The standard InChI is InChI=1S/C35H68NO8P/c1-3-5-7-9-11-12-13-14-15-16-17-18-19-20-21-22-23-25-27-34(38)36-29-30-43-45(40,41)44-32-33(37)31-42-35(39)28-26-24-10-8-6-4-2/h15-16,33,37H,3-14,17-32H2,1-2H3,(H,36,38)(H,40,41)/b16-15-. The molecule has 1 amide bonds. The lowest BCUT2D eigenvalue weighted by atomic mass is 10.1. The van der Waals surface area contributed by atoms with Crippen molar-refractivity contribution in [3.8, 4) is 0 Å².